The summed E-state index contributed by atoms with van der Waals surface area (Å²) in [6.07, 6.45) is 3.71. The van der Waals surface area contributed by atoms with Gasteiger partial charge in [-0.15, -0.1) is 11.3 Å². The largest absolute Gasteiger partial charge is 0.465 e. The zero-order valence-electron chi connectivity index (χ0n) is 11.2. The van der Waals surface area contributed by atoms with E-state index in [1.807, 2.05) is 0 Å². The van der Waals surface area contributed by atoms with Gasteiger partial charge in [0.1, 0.15) is 5.00 Å². The van der Waals surface area contributed by atoms with E-state index in [2.05, 4.69) is 5.32 Å². The lowest BCUT2D eigenvalue weighted by Crippen LogP contribution is -2.16. The number of nitrogens with one attached hydrogen (secondary N) is 1. The van der Waals surface area contributed by atoms with Crippen molar-refractivity contribution in [3.05, 3.63) is 16.0 Å². The lowest BCUT2D eigenvalue weighted by molar-refractivity contribution is -0.117. The molecule has 0 saturated heterocycles. The number of fused-ring (bicyclic) bond motifs is 1. The van der Waals surface area contributed by atoms with Crippen LogP contribution in [0.3, 0.4) is 0 Å². The van der Waals surface area contributed by atoms with Crippen LogP contribution in [0, 0.1) is 5.92 Å². The van der Waals surface area contributed by atoms with Crippen LogP contribution in [0.5, 0.6) is 0 Å². The highest BCUT2D eigenvalue weighted by Gasteiger charge is 2.34. The van der Waals surface area contributed by atoms with Gasteiger partial charge in [-0.25, -0.2) is 4.79 Å². The van der Waals surface area contributed by atoms with Crippen molar-refractivity contribution in [2.24, 2.45) is 5.92 Å². The van der Waals surface area contributed by atoms with Gasteiger partial charge in [-0.05, 0) is 31.2 Å². The van der Waals surface area contributed by atoms with Crippen molar-refractivity contribution < 1.29 is 19.1 Å². The molecule has 0 spiro atoms. The molecule has 0 atom stereocenters. The maximum Gasteiger partial charge on any atom is 0.341 e. The van der Waals surface area contributed by atoms with E-state index in [9.17, 15) is 14.4 Å². The van der Waals surface area contributed by atoms with E-state index in [0.29, 0.717) is 28.3 Å². The zero-order chi connectivity index (χ0) is 14.3. The second-order valence-electron chi connectivity index (χ2n) is 5.15. The average molecular weight is 293 g/mol. The van der Waals surface area contributed by atoms with Gasteiger partial charge < -0.3 is 10.1 Å². The fourth-order valence-electron chi connectivity index (χ4n) is 2.43. The summed E-state index contributed by atoms with van der Waals surface area (Å²) >= 11 is 1.20. The molecule has 0 aromatic carbocycles. The minimum Gasteiger partial charge on any atom is -0.465 e. The van der Waals surface area contributed by atoms with E-state index in [4.69, 9.17) is 4.74 Å². The minimum absolute atomic E-state index is 0.0494. The van der Waals surface area contributed by atoms with Crippen LogP contribution in [0.1, 0.15) is 51.3 Å². The molecule has 0 aliphatic heterocycles. The molecule has 2 aliphatic rings. The van der Waals surface area contributed by atoms with Gasteiger partial charge in [0, 0.05) is 12.3 Å². The quantitative estimate of drug-likeness (QED) is 0.869. The van der Waals surface area contributed by atoms with Crippen molar-refractivity contribution in [3.63, 3.8) is 0 Å². The topological polar surface area (TPSA) is 72.5 Å². The molecule has 20 heavy (non-hydrogen) atoms. The molecule has 1 aromatic heterocycles. The van der Waals surface area contributed by atoms with Crippen molar-refractivity contribution in [1.82, 2.24) is 0 Å². The first-order valence-corrected chi connectivity index (χ1v) is 7.51. The minimum atomic E-state index is -0.483. The number of rotatable bonds is 3. The summed E-state index contributed by atoms with van der Waals surface area (Å²) in [6, 6.07) is 0. The summed E-state index contributed by atoms with van der Waals surface area (Å²) in [5.74, 6) is -0.451. The summed E-state index contributed by atoms with van der Waals surface area (Å²) in [5, 5.41) is 3.26. The Balaban J connectivity index is 2.00. The molecular formula is C14H15NO4S. The van der Waals surface area contributed by atoms with Crippen LogP contribution in [0.2, 0.25) is 0 Å². The molecule has 1 N–H and O–H groups in total. The van der Waals surface area contributed by atoms with Crippen LogP contribution in [-0.2, 0) is 16.0 Å². The van der Waals surface area contributed by atoms with Crippen LogP contribution in [0.15, 0.2) is 0 Å². The Labute approximate surface area is 120 Å². The number of carbonyl (C=O) groups is 3. The monoisotopic (exact) mass is 293 g/mol. The second-order valence-corrected chi connectivity index (χ2v) is 6.17. The molecule has 1 aromatic rings. The molecule has 0 unspecified atom stereocenters. The van der Waals surface area contributed by atoms with E-state index in [1.165, 1.54) is 18.4 Å². The van der Waals surface area contributed by atoms with E-state index in [0.717, 1.165) is 24.8 Å². The summed E-state index contributed by atoms with van der Waals surface area (Å²) in [5.41, 5.74) is 1.11. The fourth-order valence-corrected chi connectivity index (χ4v) is 3.64. The Kier molecular flexibility index (Phi) is 3.33. The van der Waals surface area contributed by atoms with E-state index < -0.39 is 5.97 Å². The number of hydrogen-bond donors (Lipinski definition) is 1. The maximum atomic E-state index is 12.0. The molecule has 5 nitrogen and oxygen atoms in total. The first kappa shape index (κ1) is 13.3. The highest BCUT2D eigenvalue weighted by atomic mass is 32.1. The Morgan fingerprint density at radius 1 is 1.30 bits per heavy atom. The van der Waals surface area contributed by atoms with Gasteiger partial charge in [0.2, 0.25) is 5.91 Å². The Morgan fingerprint density at radius 3 is 2.70 bits per heavy atom. The van der Waals surface area contributed by atoms with Crippen LogP contribution >= 0.6 is 11.3 Å². The molecule has 0 bridgehead atoms. The van der Waals surface area contributed by atoms with Gasteiger partial charge in [-0.1, -0.05) is 0 Å². The Hall–Kier alpha value is -1.69. The van der Waals surface area contributed by atoms with Gasteiger partial charge in [-0.2, -0.15) is 0 Å². The normalized spacial score (nSPS) is 17.6. The number of methoxy groups -OCH3 is 1. The number of esters is 1. The predicted octanol–water partition coefficient (Wildman–Crippen LogP) is 2.40. The van der Waals surface area contributed by atoms with Crippen molar-refractivity contribution in [2.75, 3.05) is 12.4 Å². The number of carbonyl (C=O) groups excluding carboxylic acids is 3. The van der Waals surface area contributed by atoms with Gasteiger partial charge in [0.05, 0.1) is 17.6 Å². The summed E-state index contributed by atoms with van der Waals surface area (Å²) in [4.78, 5) is 36.4. The molecule has 6 heteroatoms. The van der Waals surface area contributed by atoms with Crippen molar-refractivity contribution >= 4 is 34.0 Å². The Bertz CT molecular complexity index is 601. The Morgan fingerprint density at radius 2 is 2.05 bits per heavy atom. The van der Waals surface area contributed by atoms with E-state index in [-0.39, 0.29) is 17.6 Å². The highest BCUT2D eigenvalue weighted by molar-refractivity contribution is 7.18. The molecule has 1 heterocycles. The molecule has 3 rings (SSSR count). The number of thiophene rings is 1. The zero-order valence-corrected chi connectivity index (χ0v) is 12.0. The summed E-state index contributed by atoms with van der Waals surface area (Å²) in [7, 11) is 1.31. The number of hydrogen-bond acceptors (Lipinski definition) is 5. The standard InChI is InChI=1S/C14H15NO4S/c1-19-14(18)10-8-3-2-4-9(16)11(8)20-13(10)15-12(17)7-5-6-7/h7H,2-6H2,1H3,(H,15,17). The molecule has 1 amide bonds. The van der Waals surface area contributed by atoms with E-state index in [1.54, 1.807) is 0 Å². The van der Waals surface area contributed by atoms with Gasteiger partial charge >= 0.3 is 5.97 Å². The molecule has 1 saturated carbocycles. The van der Waals surface area contributed by atoms with Crippen molar-refractivity contribution in [1.29, 1.82) is 0 Å². The average Bonchev–Trinajstić information content (AvgIpc) is 3.21. The predicted molar refractivity (Wildman–Crippen MR) is 74.3 cm³/mol. The molecular weight excluding hydrogens is 278 g/mol. The summed E-state index contributed by atoms with van der Waals surface area (Å²) < 4.78 is 4.80. The number of Topliss-reactive ketones (excluding diaryl/α,β-unsaturated/α-hetero) is 1. The first-order valence-electron chi connectivity index (χ1n) is 6.70. The van der Waals surface area contributed by atoms with Crippen molar-refractivity contribution in [3.8, 4) is 0 Å². The van der Waals surface area contributed by atoms with Crippen LogP contribution < -0.4 is 5.32 Å². The highest BCUT2D eigenvalue weighted by Crippen LogP contribution is 2.39. The third kappa shape index (κ3) is 2.24. The third-order valence-electron chi connectivity index (χ3n) is 3.67. The van der Waals surface area contributed by atoms with Gasteiger partial charge in [-0.3, -0.25) is 9.59 Å². The van der Waals surface area contributed by atoms with Crippen molar-refractivity contribution in [2.45, 2.75) is 32.1 Å². The van der Waals surface area contributed by atoms with Crippen LogP contribution in [0.4, 0.5) is 5.00 Å². The summed E-state index contributed by atoms with van der Waals surface area (Å²) in [6.45, 7) is 0. The molecule has 106 valence electrons. The van der Waals surface area contributed by atoms with Crippen LogP contribution in [-0.4, -0.2) is 24.8 Å². The lowest BCUT2D eigenvalue weighted by atomic mass is 9.94. The number of ether oxygens (including phenoxy) is 1. The maximum absolute atomic E-state index is 12.0. The molecule has 2 aliphatic carbocycles. The number of ketones is 1. The molecule has 1 fully saturated rings. The number of anilines is 1. The number of amides is 1. The van der Waals surface area contributed by atoms with Gasteiger partial charge in [0.15, 0.2) is 5.78 Å². The smallest absolute Gasteiger partial charge is 0.341 e. The van der Waals surface area contributed by atoms with E-state index >= 15 is 0 Å². The second kappa shape index (κ2) is 5.01. The van der Waals surface area contributed by atoms with Crippen LogP contribution in [0.25, 0.3) is 0 Å². The third-order valence-corrected chi connectivity index (χ3v) is 4.85. The lowest BCUT2D eigenvalue weighted by Gasteiger charge is -2.11. The fraction of sp³-hybridized carbons (Fsp3) is 0.500. The first-order chi connectivity index (χ1) is 9.61. The molecule has 0 radical (unpaired) electrons. The van der Waals surface area contributed by atoms with Gasteiger partial charge in [0.25, 0.3) is 0 Å². The SMILES string of the molecule is COC(=O)c1c(NC(=O)C2CC2)sc2c1CCCC2=O.